The predicted octanol–water partition coefficient (Wildman–Crippen LogP) is 4.96. The summed E-state index contributed by atoms with van der Waals surface area (Å²) < 4.78 is 0. The fourth-order valence-corrected chi connectivity index (χ4v) is 2.75. The summed E-state index contributed by atoms with van der Waals surface area (Å²) in [6.45, 7) is 0. The summed E-state index contributed by atoms with van der Waals surface area (Å²) in [6.07, 6.45) is 3.95. The second-order valence-electron chi connectivity index (χ2n) is 5.79. The summed E-state index contributed by atoms with van der Waals surface area (Å²) in [4.78, 5) is 20.4. The van der Waals surface area contributed by atoms with Gasteiger partial charge in [0.15, 0.2) is 5.78 Å². The second kappa shape index (κ2) is 6.57. The Bertz CT molecular complexity index is 1050. The molecule has 0 aliphatic rings. The summed E-state index contributed by atoms with van der Waals surface area (Å²) in [7, 11) is 0. The van der Waals surface area contributed by atoms with Crippen LogP contribution in [0.4, 0.5) is 0 Å². The van der Waals surface area contributed by atoms with Crippen LogP contribution in [0.3, 0.4) is 0 Å². The minimum atomic E-state index is 0.0125. The lowest BCUT2D eigenvalue weighted by Crippen LogP contribution is -2.00. The lowest BCUT2D eigenvalue weighted by atomic mass is 10.0. The molecular formula is C22H16N2O. The van der Waals surface area contributed by atoms with Gasteiger partial charge in [-0.25, -0.2) is 4.98 Å². The van der Waals surface area contributed by atoms with Crippen LogP contribution in [-0.4, -0.2) is 15.8 Å². The number of hydrogen-bond donors (Lipinski definition) is 1. The van der Waals surface area contributed by atoms with E-state index in [-0.39, 0.29) is 5.78 Å². The smallest absolute Gasteiger partial charge is 0.193 e. The van der Waals surface area contributed by atoms with Gasteiger partial charge in [-0.15, -0.1) is 0 Å². The second-order valence-corrected chi connectivity index (χ2v) is 5.79. The van der Waals surface area contributed by atoms with E-state index in [2.05, 4.69) is 9.97 Å². The molecule has 25 heavy (non-hydrogen) atoms. The van der Waals surface area contributed by atoms with Crippen LogP contribution in [0.5, 0.6) is 0 Å². The van der Waals surface area contributed by atoms with Crippen LogP contribution < -0.4 is 0 Å². The lowest BCUT2D eigenvalue weighted by molar-refractivity contribution is 0.103. The number of aromatic amines is 1. The van der Waals surface area contributed by atoms with Gasteiger partial charge in [-0.1, -0.05) is 66.7 Å². The summed E-state index contributed by atoms with van der Waals surface area (Å²) in [5.41, 5.74) is 4.15. The van der Waals surface area contributed by atoms with Crippen molar-refractivity contribution >= 4 is 29.0 Å². The third kappa shape index (κ3) is 3.26. The zero-order valence-electron chi connectivity index (χ0n) is 13.5. The Morgan fingerprint density at radius 3 is 2.28 bits per heavy atom. The predicted molar refractivity (Wildman–Crippen MR) is 101 cm³/mol. The van der Waals surface area contributed by atoms with Crippen LogP contribution in [0.1, 0.15) is 27.3 Å². The molecule has 0 bridgehead atoms. The zero-order chi connectivity index (χ0) is 17.1. The van der Waals surface area contributed by atoms with Crippen LogP contribution in [-0.2, 0) is 0 Å². The number of nitrogens with one attached hydrogen (secondary N) is 1. The largest absolute Gasteiger partial charge is 0.338 e. The first-order chi connectivity index (χ1) is 12.3. The maximum absolute atomic E-state index is 12.6. The van der Waals surface area contributed by atoms with Crippen LogP contribution in [0.15, 0.2) is 78.9 Å². The fourth-order valence-electron chi connectivity index (χ4n) is 2.75. The molecule has 0 aliphatic carbocycles. The molecule has 4 aromatic rings. The van der Waals surface area contributed by atoms with Crippen molar-refractivity contribution in [3.63, 3.8) is 0 Å². The van der Waals surface area contributed by atoms with Gasteiger partial charge >= 0.3 is 0 Å². The standard InChI is InChI=1S/C22H16N2O/c25-22(17-9-5-2-6-10-17)18-12-13-19-20(15-18)24-21(23-19)14-11-16-7-3-1-4-8-16/h1-15H,(H,23,24)/b14-11+. The first-order valence-electron chi connectivity index (χ1n) is 8.12. The fraction of sp³-hybridized carbons (Fsp3) is 0. The molecule has 0 amide bonds. The molecule has 3 heteroatoms. The highest BCUT2D eigenvalue weighted by Crippen LogP contribution is 2.18. The lowest BCUT2D eigenvalue weighted by Gasteiger charge is -2.00. The van der Waals surface area contributed by atoms with E-state index in [1.165, 1.54) is 0 Å². The van der Waals surface area contributed by atoms with Gasteiger partial charge in [-0.05, 0) is 29.8 Å². The van der Waals surface area contributed by atoms with Crippen molar-refractivity contribution in [2.24, 2.45) is 0 Å². The molecule has 0 fully saturated rings. The van der Waals surface area contributed by atoms with Crippen molar-refractivity contribution in [3.05, 3.63) is 101 Å². The molecule has 1 aromatic heterocycles. The minimum absolute atomic E-state index is 0.0125. The van der Waals surface area contributed by atoms with Crippen molar-refractivity contribution in [3.8, 4) is 0 Å². The first-order valence-corrected chi connectivity index (χ1v) is 8.12. The third-order valence-corrected chi connectivity index (χ3v) is 4.03. The van der Waals surface area contributed by atoms with Gasteiger partial charge < -0.3 is 4.98 Å². The number of carbonyl (C=O) groups excluding carboxylic acids is 1. The first kappa shape index (κ1) is 15.1. The van der Waals surface area contributed by atoms with Gasteiger partial charge in [0.25, 0.3) is 0 Å². The maximum atomic E-state index is 12.6. The average Bonchev–Trinajstić information content (AvgIpc) is 3.09. The van der Waals surface area contributed by atoms with Gasteiger partial charge in [0, 0.05) is 11.1 Å². The SMILES string of the molecule is O=C(c1ccccc1)c1ccc2nc(/C=C/c3ccccc3)[nH]c2c1. The van der Waals surface area contributed by atoms with Crippen molar-refractivity contribution in [2.45, 2.75) is 0 Å². The third-order valence-electron chi connectivity index (χ3n) is 4.03. The Morgan fingerprint density at radius 1 is 0.800 bits per heavy atom. The maximum Gasteiger partial charge on any atom is 0.193 e. The molecule has 1 N–H and O–H groups in total. The molecular weight excluding hydrogens is 308 g/mol. The number of carbonyl (C=O) groups is 1. The molecule has 0 radical (unpaired) electrons. The molecule has 0 aliphatic heterocycles. The van der Waals surface area contributed by atoms with Crippen molar-refractivity contribution in [1.29, 1.82) is 0 Å². The van der Waals surface area contributed by atoms with Crippen LogP contribution in [0, 0.1) is 0 Å². The number of hydrogen-bond acceptors (Lipinski definition) is 2. The molecule has 0 unspecified atom stereocenters. The number of aromatic nitrogens is 2. The van der Waals surface area contributed by atoms with E-state index in [0.29, 0.717) is 11.1 Å². The Hall–Kier alpha value is -3.46. The van der Waals surface area contributed by atoms with Gasteiger partial charge in [0.05, 0.1) is 11.0 Å². The number of imidazole rings is 1. The molecule has 3 nitrogen and oxygen atoms in total. The van der Waals surface area contributed by atoms with E-state index in [4.69, 9.17) is 0 Å². The van der Waals surface area contributed by atoms with Crippen molar-refractivity contribution in [2.75, 3.05) is 0 Å². The van der Waals surface area contributed by atoms with Crippen LogP contribution in [0.25, 0.3) is 23.2 Å². The Kier molecular flexibility index (Phi) is 3.97. The number of ketones is 1. The van der Waals surface area contributed by atoms with Gasteiger partial charge in [0.1, 0.15) is 5.82 Å². The van der Waals surface area contributed by atoms with E-state index in [0.717, 1.165) is 22.4 Å². The van der Waals surface area contributed by atoms with Crippen LogP contribution >= 0.6 is 0 Å². The van der Waals surface area contributed by atoms with Gasteiger partial charge in [-0.3, -0.25) is 4.79 Å². The van der Waals surface area contributed by atoms with Gasteiger partial charge in [-0.2, -0.15) is 0 Å². The monoisotopic (exact) mass is 324 g/mol. The number of nitrogens with zero attached hydrogens (tertiary/aromatic N) is 1. The topological polar surface area (TPSA) is 45.8 Å². The molecule has 0 saturated heterocycles. The minimum Gasteiger partial charge on any atom is -0.338 e. The Labute approximate surface area is 145 Å². The van der Waals surface area contributed by atoms with E-state index in [9.17, 15) is 4.79 Å². The van der Waals surface area contributed by atoms with E-state index < -0.39 is 0 Å². The summed E-state index contributed by atoms with van der Waals surface area (Å²) in [5.74, 6) is 0.779. The Balaban J connectivity index is 1.63. The molecule has 0 spiro atoms. The molecule has 0 atom stereocenters. The number of fused-ring (bicyclic) bond motifs is 1. The molecule has 3 aromatic carbocycles. The summed E-state index contributed by atoms with van der Waals surface area (Å²) in [5, 5.41) is 0. The van der Waals surface area contributed by atoms with E-state index in [1.54, 1.807) is 0 Å². The zero-order valence-corrected chi connectivity index (χ0v) is 13.5. The summed E-state index contributed by atoms with van der Waals surface area (Å²) in [6, 6.07) is 24.9. The average molecular weight is 324 g/mol. The molecule has 4 rings (SSSR count). The highest BCUT2D eigenvalue weighted by Gasteiger charge is 2.10. The van der Waals surface area contributed by atoms with Gasteiger partial charge in [0.2, 0.25) is 0 Å². The normalized spacial score (nSPS) is 11.2. The quantitative estimate of drug-likeness (QED) is 0.539. The summed E-state index contributed by atoms with van der Waals surface area (Å²) >= 11 is 0. The highest BCUT2D eigenvalue weighted by molar-refractivity contribution is 6.10. The molecule has 0 saturated carbocycles. The number of rotatable bonds is 4. The van der Waals surface area contributed by atoms with Crippen LogP contribution in [0.2, 0.25) is 0 Å². The molecule has 120 valence electrons. The van der Waals surface area contributed by atoms with Crippen molar-refractivity contribution < 1.29 is 4.79 Å². The molecule has 1 heterocycles. The van der Waals surface area contributed by atoms with E-state index >= 15 is 0 Å². The van der Waals surface area contributed by atoms with E-state index in [1.807, 2.05) is 91.0 Å². The number of H-pyrrole nitrogens is 1. The Morgan fingerprint density at radius 2 is 1.52 bits per heavy atom. The number of benzene rings is 3. The highest BCUT2D eigenvalue weighted by atomic mass is 16.1. The van der Waals surface area contributed by atoms with Crippen molar-refractivity contribution in [1.82, 2.24) is 9.97 Å².